The van der Waals surface area contributed by atoms with Crippen LogP contribution in [0.25, 0.3) is 0 Å². The molecule has 0 aliphatic heterocycles. The first kappa shape index (κ1) is 273. The molecule has 0 bridgehead atoms. The van der Waals surface area contributed by atoms with E-state index in [4.69, 9.17) is 15.0 Å². The predicted octanol–water partition coefficient (Wildman–Crippen LogP) is -6.46. The van der Waals surface area contributed by atoms with Gasteiger partial charge < -0.3 is 58.8 Å². The van der Waals surface area contributed by atoms with Gasteiger partial charge >= 0.3 is 49.5 Å². The summed E-state index contributed by atoms with van der Waals surface area (Å²) in [6, 6.07) is 0. The summed E-state index contributed by atoms with van der Waals surface area (Å²) in [5, 5.41) is 16.7. The van der Waals surface area contributed by atoms with Gasteiger partial charge in [-0.15, -0.1) is 0 Å². The molecular weight excluding hydrogens is 364 g/mol. The number of carbonyl (C=O) groups excluding carboxylic acids is 1. The molecule has 0 spiro atoms. The fourth-order valence-corrected chi connectivity index (χ4v) is 0. The zero-order chi connectivity index (χ0) is 3.58. The van der Waals surface area contributed by atoms with Gasteiger partial charge in [0, 0.05) is 0 Å². The Morgan fingerprint density at radius 3 is 0.600 bits per heavy atom. The average molecular weight is 376 g/mol. The third-order valence-electron chi connectivity index (χ3n) is 0. The third kappa shape index (κ3) is 12000. The van der Waals surface area contributed by atoms with Gasteiger partial charge in [-0.2, -0.15) is 0 Å². The molecule has 0 aliphatic rings. The molecule has 0 saturated carbocycles. The molecule has 0 aromatic heterocycles. The van der Waals surface area contributed by atoms with E-state index in [1.165, 1.54) is 0 Å². The van der Waals surface area contributed by atoms with Crippen LogP contribution < -0.4 is 10.2 Å². The molecule has 0 aromatic rings. The second-order valence-corrected chi connectivity index (χ2v) is 0.250. The van der Waals surface area contributed by atoms with Crippen molar-refractivity contribution in [2.45, 2.75) is 0 Å². The Morgan fingerprint density at radius 1 is 0.600 bits per heavy atom. The van der Waals surface area contributed by atoms with Gasteiger partial charge in [0.1, 0.15) is 0 Å². The first-order valence-electron chi connectivity index (χ1n) is 0.612. The van der Waals surface area contributed by atoms with Crippen molar-refractivity contribution in [1.29, 1.82) is 0 Å². The van der Waals surface area contributed by atoms with Crippen molar-refractivity contribution in [2.75, 3.05) is 0 Å². The largest absolute Gasteiger partial charge is 2.00 e. The van der Waals surface area contributed by atoms with Crippen molar-refractivity contribution < 1.29 is 108 Å². The molecule has 0 unspecified atom stereocenters. The molecule has 0 heterocycles. The van der Waals surface area contributed by atoms with E-state index >= 15 is 0 Å². The molecule has 0 saturated heterocycles. The van der Waals surface area contributed by atoms with Crippen molar-refractivity contribution >= 4 is 6.16 Å². The second-order valence-electron chi connectivity index (χ2n) is 0.250. The summed E-state index contributed by atoms with van der Waals surface area (Å²) < 4.78 is 0. The topological polar surface area (TPSA) is 309 Å². The average Bonchev–Trinajstić information content (AvgIpc) is 0.811. The number of hydrogen-bond donors (Lipinski definition) is 0. The van der Waals surface area contributed by atoms with Gasteiger partial charge in [-0.05, 0) is 6.16 Å². The summed E-state index contributed by atoms with van der Waals surface area (Å²) >= 11 is 0. The summed E-state index contributed by atoms with van der Waals surface area (Å²) in [6.45, 7) is 0. The third-order valence-corrected chi connectivity index (χ3v) is 0. The van der Waals surface area contributed by atoms with Gasteiger partial charge in [0.2, 0.25) is 0 Å². The molecule has 0 amide bonds. The van der Waals surface area contributed by atoms with E-state index in [2.05, 4.69) is 0 Å². The van der Waals surface area contributed by atoms with Crippen molar-refractivity contribution in [3.05, 3.63) is 0 Å². The van der Waals surface area contributed by atoms with Crippen molar-refractivity contribution in [1.82, 2.24) is 0 Å². The van der Waals surface area contributed by atoms with Crippen LogP contribution in [0.1, 0.15) is 0 Å². The summed E-state index contributed by atoms with van der Waals surface area (Å²) in [5.41, 5.74) is 0. The molecule has 0 aromatic carbocycles. The van der Waals surface area contributed by atoms with Crippen molar-refractivity contribution in [3.8, 4) is 0 Å². The maximum absolute atomic E-state index is 8.33. The molecule has 0 fully saturated rings. The fraction of sp³-hybridized carbons (Fsp3) is 0. The minimum absolute atomic E-state index is 0. The molecule has 15 heavy (non-hydrogen) atoms. The van der Waals surface area contributed by atoms with Crippen LogP contribution in [0.15, 0.2) is 0 Å². The predicted molar refractivity (Wildman–Crippen MR) is 27.6 cm³/mol. The monoisotopic (exact) mass is 374 g/mol. The van der Waals surface area contributed by atoms with E-state index in [9.17, 15) is 0 Å². The number of carbonyl (C=O) groups is 1. The number of rotatable bonds is 0. The fourth-order valence-electron chi connectivity index (χ4n) is 0. The SMILES string of the molecule is O.O.O.O.O=C([O-])[O-].[Ni+2].[Ni+2].[Ni+2].[OH-].[OH-].[OH-].[OH-]. The number of carboxylic acid groups (broad SMARTS) is 2. The first-order valence-corrected chi connectivity index (χ1v) is 0.612. The van der Waals surface area contributed by atoms with Crippen LogP contribution in [0, 0.1) is 0 Å². The van der Waals surface area contributed by atoms with Gasteiger partial charge in [-0.25, -0.2) is 0 Å². The maximum Gasteiger partial charge on any atom is 2.00 e. The summed E-state index contributed by atoms with van der Waals surface area (Å²) in [6.07, 6.45) is -2.33. The van der Waals surface area contributed by atoms with E-state index in [-0.39, 0.29) is 93.3 Å². The molecule has 11 nitrogen and oxygen atoms in total. The van der Waals surface area contributed by atoms with Crippen LogP contribution in [0.2, 0.25) is 0 Å². The number of hydrogen-bond acceptors (Lipinski definition) is 7. The quantitative estimate of drug-likeness (QED) is 0.367. The zero-order valence-electron chi connectivity index (χ0n) is 6.46. The van der Waals surface area contributed by atoms with Crippen molar-refractivity contribution in [3.63, 3.8) is 0 Å². The van der Waals surface area contributed by atoms with Gasteiger partial charge in [0.15, 0.2) is 0 Å². The van der Waals surface area contributed by atoms with Crippen LogP contribution in [0.5, 0.6) is 0 Å². The molecule has 12 N–H and O–H groups in total. The van der Waals surface area contributed by atoms with E-state index < -0.39 is 6.16 Å². The van der Waals surface area contributed by atoms with E-state index in [0.717, 1.165) is 0 Å². The minimum Gasteiger partial charge on any atom is -0.870 e. The van der Waals surface area contributed by atoms with Gasteiger partial charge in [0.05, 0.1) is 0 Å². The Balaban J connectivity index is -0.000000000818. The summed E-state index contributed by atoms with van der Waals surface area (Å²) in [5.74, 6) is 0. The van der Waals surface area contributed by atoms with Crippen LogP contribution in [-0.4, -0.2) is 50.0 Å². The Labute approximate surface area is 114 Å². The Hall–Kier alpha value is 0.431. The summed E-state index contributed by atoms with van der Waals surface area (Å²) in [4.78, 5) is 8.33. The molecule has 0 rings (SSSR count). The van der Waals surface area contributed by atoms with Gasteiger partial charge in [0.25, 0.3) is 0 Å². The molecule has 0 atom stereocenters. The van der Waals surface area contributed by atoms with Gasteiger partial charge in [-0.1, -0.05) is 0 Å². The Bertz CT molecular complexity index is 38.8. The normalized spacial score (nSPS) is 1.60. The first-order chi connectivity index (χ1) is 1.73. The Morgan fingerprint density at radius 2 is 0.600 bits per heavy atom. The standard InChI is InChI=1S/CH2O3.3Ni.8H2O/c2-1(3)4;;;;;;;;;;;/h(H2,2,3,4);;;;8*1H2/q;3*+2;;;;;;;;/p-6. The van der Waals surface area contributed by atoms with E-state index in [1.807, 2.05) is 0 Å². The Kier molecular flexibility index (Phi) is 4030. The van der Waals surface area contributed by atoms with Crippen LogP contribution >= 0.6 is 0 Å². The minimum atomic E-state index is -2.33. The molecule has 14 heteroatoms. The molecule has 112 valence electrons. The molecular formula is CH12Ni3O11. The van der Waals surface area contributed by atoms with Crippen LogP contribution in [0.3, 0.4) is 0 Å². The van der Waals surface area contributed by atoms with E-state index in [0.29, 0.717) is 0 Å². The zero-order valence-corrected chi connectivity index (χ0v) is 9.43. The maximum atomic E-state index is 8.33. The van der Waals surface area contributed by atoms with Crippen molar-refractivity contribution in [2.24, 2.45) is 0 Å². The van der Waals surface area contributed by atoms with E-state index in [1.54, 1.807) is 0 Å². The molecule has 0 aliphatic carbocycles. The van der Waals surface area contributed by atoms with Gasteiger partial charge in [-0.3, -0.25) is 0 Å². The van der Waals surface area contributed by atoms with Crippen LogP contribution in [0.4, 0.5) is 4.79 Å². The molecule has 0 radical (unpaired) electrons. The summed E-state index contributed by atoms with van der Waals surface area (Å²) in [7, 11) is 0. The van der Waals surface area contributed by atoms with Crippen LogP contribution in [-0.2, 0) is 49.5 Å². The second kappa shape index (κ2) is 221. The smallest absolute Gasteiger partial charge is 0.870 e.